The van der Waals surface area contributed by atoms with E-state index in [1.54, 1.807) is 4.90 Å². The van der Waals surface area contributed by atoms with Crippen LogP contribution in [0, 0.1) is 5.92 Å². The van der Waals surface area contributed by atoms with Crippen molar-refractivity contribution in [3.63, 3.8) is 0 Å². The summed E-state index contributed by atoms with van der Waals surface area (Å²) in [4.78, 5) is 13.6. The molecule has 0 spiro atoms. The number of hydrogen-bond acceptors (Lipinski definition) is 3. The SMILES string of the molecule is CCN(CC(N)=NO)C(=O)C1CCCC1. The summed E-state index contributed by atoms with van der Waals surface area (Å²) in [5.74, 6) is 0.376. The molecule has 0 bridgehead atoms. The van der Waals surface area contributed by atoms with E-state index in [0.29, 0.717) is 6.54 Å². The van der Waals surface area contributed by atoms with Crippen molar-refractivity contribution >= 4 is 11.7 Å². The molecule has 5 nitrogen and oxygen atoms in total. The van der Waals surface area contributed by atoms with Gasteiger partial charge in [0.1, 0.15) is 0 Å². The Labute approximate surface area is 89.9 Å². The fraction of sp³-hybridized carbons (Fsp3) is 0.800. The van der Waals surface area contributed by atoms with Gasteiger partial charge in [0.15, 0.2) is 5.84 Å². The molecule has 1 amide bonds. The third-order valence-electron chi connectivity index (χ3n) is 2.88. The minimum absolute atomic E-state index is 0.0863. The lowest BCUT2D eigenvalue weighted by atomic mass is 10.1. The number of amidine groups is 1. The van der Waals surface area contributed by atoms with Gasteiger partial charge in [-0.25, -0.2) is 0 Å². The van der Waals surface area contributed by atoms with Gasteiger partial charge in [-0.2, -0.15) is 0 Å². The van der Waals surface area contributed by atoms with E-state index in [0.717, 1.165) is 25.7 Å². The Morgan fingerprint density at radius 2 is 2.13 bits per heavy atom. The van der Waals surface area contributed by atoms with Crippen molar-refractivity contribution in [1.29, 1.82) is 0 Å². The largest absolute Gasteiger partial charge is 0.409 e. The molecule has 0 aromatic rings. The molecule has 0 aromatic carbocycles. The molecule has 0 radical (unpaired) electrons. The van der Waals surface area contributed by atoms with E-state index in [1.165, 1.54) is 0 Å². The summed E-state index contributed by atoms with van der Waals surface area (Å²) in [6.45, 7) is 2.73. The molecule has 0 atom stereocenters. The highest BCUT2D eigenvalue weighted by Crippen LogP contribution is 2.26. The first-order valence-electron chi connectivity index (χ1n) is 5.44. The lowest BCUT2D eigenvalue weighted by molar-refractivity contribution is -0.134. The molecule has 1 rings (SSSR count). The smallest absolute Gasteiger partial charge is 0.226 e. The molecule has 0 saturated heterocycles. The van der Waals surface area contributed by atoms with E-state index in [9.17, 15) is 4.79 Å². The first-order valence-corrected chi connectivity index (χ1v) is 5.44. The minimum Gasteiger partial charge on any atom is -0.409 e. The van der Waals surface area contributed by atoms with E-state index < -0.39 is 0 Å². The molecule has 5 heteroatoms. The number of carbonyl (C=O) groups excluding carboxylic acids is 1. The number of nitrogens with two attached hydrogens (primary N) is 1. The van der Waals surface area contributed by atoms with Crippen LogP contribution in [0.1, 0.15) is 32.6 Å². The molecule has 1 aliphatic rings. The van der Waals surface area contributed by atoms with Crippen molar-refractivity contribution in [3.8, 4) is 0 Å². The molecular weight excluding hydrogens is 194 g/mol. The number of hydrogen-bond donors (Lipinski definition) is 2. The zero-order chi connectivity index (χ0) is 11.3. The van der Waals surface area contributed by atoms with Gasteiger partial charge in [0.25, 0.3) is 0 Å². The van der Waals surface area contributed by atoms with Crippen molar-refractivity contribution in [2.24, 2.45) is 16.8 Å². The normalized spacial score (nSPS) is 18.1. The molecule has 0 unspecified atom stereocenters. The number of amides is 1. The van der Waals surface area contributed by atoms with Crippen molar-refractivity contribution in [2.45, 2.75) is 32.6 Å². The van der Waals surface area contributed by atoms with Crippen LogP contribution in [0.3, 0.4) is 0 Å². The summed E-state index contributed by atoms with van der Waals surface area (Å²) in [7, 11) is 0. The van der Waals surface area contributed by atoms with Crippen LogP contribution < -0.4 is 5.73 Å². The zero-order valence-electron chi connectivity index (χ0n) is 9.15. The highest BCUT2D eigenvalue weighted by molar-refractivity contribution is 5.87. The predicted molar refractivity (Wildman–Crippen MR) is 57.6 cm³/mol. The first kappa shape index (κ1) is 11.8. The molecule has 1 fully saturated rings. The maximum absolute atomic E-state index is 12.0. The number of nitrogens with zero attached hydrogens (tertiary/aromatic N) is 2. The van der Waals surface area contributed by atoms with Gasteiger partial charge < -0.3 is 15.8 Å². The Kier molecular flexibility index (Phi) is 4.39. The Morgan fingerprint density at radius 3 is 2.60 bits per heavy atom. The van der Waals surface area contributed by atoms with Crippen molar-refractivity contribution in [3.05, 3.63) is 0 Å². The molecule has 86 valence electrons. The van der Waals surface area contributed by atoms with Gasteiger partial charge in [0.05, 0.1) is 6.54 Å². The number of rotatable bonds is 4. The van der Waals surface area contributed by atoms with Crippen LogP contribution in [0.5, 0.6) is 0 Å². The van der Waals surface area contributed by atoms with Crippen LogP contribution in [0.2, 0.25) is 0 Å². The summed E-state index contributed by atoms with van der Waals surface area (Å²) < 4.78 is 0. The predicted octanol–water partition coefficient (Wildman–Crippen LogP) is 0.771. The summed E-state index contributed by atoms with van der Waals surface area (Å²) in [5, 5.41) is 11.3. The van der Waals surface area contributed by atoms with Crippen LogP contribution in [0.15, 0.2) is 5.16 Å². The molecule has 1 saturated carbocycles. The topological polar surface area (TPSA) is 78.9 Å². The van der Waals surface area contributed by atoms with E-state index >= 15 is 0 Å². The minimum atomic E-state index is 0.0863. The van der Waals surface area contributed by atoms with E-state index in [4.69, 9.17) is 10.9 Å². The fourth-order valence-electron chi connectivity index (χ4n) is 2.00. The van der Waals surface area contributed by atoms with Crippen molar-refractivity contribution in [1.82, 2.24) is 4.90 Å². The van der Waals surface area contributed by atoms with Crippen molar-refractivity contribution < 1.29 is 10.0 Å². The van der Waals surface area contributed by atoms with E-state index in [2.05, 4.69) is 5.16 Å². The maximum Gasteiger partial charge on any atom is 0.226 e. The summed E-state index contributed by atoms with van der Waals surface area (Å²) >= 11 is 0. The van der Waals surface area contributed by atoms with Crippen LogP contribution >= 0.6 is 0 Å². The highest BCUT2D eigenvalue weighted by Gasteiger charge is 2.26. The van der Waals surface area contributed by atoms with Gasteiger partial charge in [0.2, 0.25) is 5.91 Å². The molecular formula is C10H19N3O2. The molecule has 0 heterocycles. The number of carbonyl (C=O) groups is 1. The highest BCUT2D eigenvalue weighted by atomic mass is 16.4. The quantitative estimate of drug-likeness (QED) is 0.313. The Morgan fingerprint density at radius 1 is 1.53 bits per heavy atom. The Bertz CT molecular complexity index is 247. The monoisotopic (exact) mass is 213 g/mol. The number of oxime groups is 1. The zero-order valence-corrected chi connectivity index (χ0v) is 9.15. The van der Waals surface area contributed by atoms with Crippen LogP contribution in [-0.4, -0.2) is 34.9 Å². The molecule has 1 aliphatic carbocycles. The maximum atomic E-state index is 12.0. The summed E-state index contributed by atoms with van der Waals surface area (Å²) in [5.41, 5.74) is 5.39. The molecule has 0 aliphatic heterocycles. The summed E-state index contributed by atoms with van der Waals surface area (Å²) in [6, 6.07) is 0. The lowest BCUT2D eigenvalue weighted by Gasteiger charge is -2.23. The van der Waals surface area contributed by atoms with Crippen molar-refractivity contribution in [2.75, 3.05) is 13.1 Å². The van der Waals surface area contributed by atoms with Crippen LogP contribution in [0.4, 0.5) is 0 Å². The third-order valence-corrected chi connectivity index (χ3v) is 2.88. The molecule has 0 aromatic heterocycles. The Balaban J connectivity index is 2.53. The first-order chi connectivity index (χ1) is 7.19. The van der Waals surface area contributed by atoms with Gasteiger partial charge in [0, 0.05) is 12.5 Å². The Hall–Kier alpha value is -1.26. The van der Waals surface area contributed by atoms with E-state index in [-0.39, 0.29) is 24.2 Å². The second kappa shape index (κ2) is 5.58. The second-order valence-corrected chi connectivity index (χ2v) is 3.93. The molecule has 3 N–H and O–H groups in total. The second-order valence-electron chi connectivity index (χ2n) is 3.93. The average molecular weight is 213 g/mol. The van der Waals surface area contributed by atoms with E-state index in [1.807, 2.05) is 6.92 Å². The van der Waals surface area contributed by atoms with Crippen LogP contribution in [0.25, 0.3) is 0 Å². The lowest BCUT2D eigenvalue weighted by Crippen LogP contribution is -2.41. The van der Waals surface area contributed by atoms with Gasteiger partial charge in [-0.05, 0) is 19.8 Å². The summed E-state index contributed by atoms with van der Waals surface area (Å²) in [6.07, 6.45) is 4.23. The third kappa shape index (κ3) is 3.11. The fourth-order valence-corrected chi connectivity index (χ4v) is 2.00. The average Bonchev–Trinajstić information content (AvgIpc) is 2.77. The van der Waals surface area contributed by atoms with Gasteiger partial charge in [-0.3, -0.25) is 4.79 Å². The number of likely N-dealkylation sites (N-methyl/N-ethyl adjacent to an activating group) is 1. The van der Waals surface area contributed by atoms with Gasteiger partial charge in [-0.15, -0.1) is 0 Å². The van der Waals surface area contributed by atoms with Gasteiger partial charge >= 0.3 is 0 Å². The molecule has 15 heavy (non-hydrogen) atoms. The van der Waals surface area contributed by atoms with Gasteiger partial charge in [-0.1, -0.05) is 18.0 Å². The standard InChI is InChI=1S/C10H19N3O2/c1-2-13(7-9(11)12-15)10(14)8-5-3-4-6-8/h8,15H,2-7H2,1H3,(H2,11,12). The van der Waals surface area contributed by atoms with Crippen LogP contribution in [-0.2, 0) is 4.79 Å².